The van der Waals surface area contributed by atoms with Crippen LogP contribution in [0.1, 0.15) is 29.9 Å². The van der Waals surface area contributed by atoms with Gasteiger partial charge in [0, 0.05) is 32.5 Å². The van der Waals surface area contributed by atoms with Gasteiger partial charge < -0.3 is 5.32 Å². The average Bonchev–Trinajstić information content (AvgIpc) is 2.81. The summed E-state index contributed by atoms with van der Waals surface area (Å²) in [5.74, 6) is -0.593. The molecule has 0 aromatic heterocycles. The van der Waals surface area contributed by atoms with Crippen LogP contribution in [0.15, 0.2) is 89.8 Å². The first kappa shape index (κ1) is 23.6. The first-order chi connectivity index (χ1) is 15.4. The predicted molar refractivity (Wildman–Crippen MR) is 123 cm³/mol. The molecule has 1 N–H and O–H groups in total. The second kappa shape index (κ2) is 11.0. The Morgan fingerprint density at radius 1 is 0.906 bits per heavy atom. The molecule has 0 aliphatic heterocycles. The molecular weight excluding hydrogens is 427 g/mol. The van der Waals surface area contributed by atoms with Gasteiger partial charge in [-0.2, -0.15) is 0 Å². The minimum Gasteiger partial charge on any atom is -0.355 e. The zero-order valence-electron chi connectivity index (χ0n) is 17.9. The van der Waals surface area contributed by atoms with Crippen molar-refractivity contribution in [3.05, 3.63) is 102 Å². The normalized spacial score (nSPS) is 11.6. The van der Waals surface area contributed by atoms with Crippen LogP contribution in [-0.4, -0.2) is 38.8 Å². The van der Waals surface area contributed by atoms with Crippen LogP contribution in [-0.2, 0) is 14.8 Å². The fraction of sp³-hybridized carbons (Fsp3) is 0.240. The van der Waals surface area contributed by atoms with Crippen molar-refractivity contribution in [2.24, 2.45) is 0 Å². The lowest BCUT2D eigenvalue weighted by molar-refractivity contribution is -0.121. The average molecular weight is 455 g/mol. The van der Waals surface area contributed by atoms with Crippen molar-refractivity contribution in [2.75, 3.05) is 20.1 Å². The zero-order valence-corrected chi connectivity index (χ0v) is 18.8. The van der Waals surface area contributed by atoms with Gasteiger partial charge >= 0.3 is 0 Å². The Kier molecular flexibility index (Phi) is 8.14. The fourth-order valence-electron chi connectivity index (χ4n) is 3.47. The molecule has 0 atom stereocenters. The Bertz CT molecular complexity index is 1070. The summed E-state index contributed by atoms with van der Waals surface area (Å²) in [7, 11) is -2.26. The van der Waals surface area contributed by atoms with Crippen LogP contribution in [0.25, 0.3) is 0 Å². The van der Waals surface area contributed by atoms with Crippen LogP contribution in [0.2, 0.25) is 0 Å². The molecule has 32 heavy (non-hydrogen) atoms. The van der Waals surface area contributed by atoms with Crippen molar-refractivity contribution in [1.82, 2.24) is 9.62 Å². The summed E-state index contributed by atoms with van der Waals surface area (Å²) in [6.45, 7) is 0.643. The Balaban J connectivity index is 1.53. The number of halogens is 1. The highest BCUT2D eigenvalue weighted by Gasteiger charge is 2.21. The minimum atomic E-state index is -3.72. The SMILES string of the molecule is CN(CCCC(=O)NCC(c1ccccc1)c1ccccc1)S(=O)(=O)c1ccc(F)cc1. The number of carbonyl (C=O) groups is 1. The maximum atomic E-state index is 13.1. The monoisotopic (exact) mass is 454 g/mol. The van der Waals surface area contributed by atoms with Gasteiger partial charge in [-0.3, -0.25) is 4.79 Å². The van der Waals surface area contributed by atoms with E-state index in [0.717, 1.165) is 23.3 Å². The molecule has 0 fully saturated rings. The van der Waals surface area contributed by atoms with Gasteiger partial charge in [0.05, 0.1) is 4.90 Å². The summed E-state index contributed by atoms with van der Waals surface area (Å²) >= 11 is 0. The van der Waals surface area contributed by atoms with Crippen molar-refractivity contribution < 1.29 is 17.6 Å². The highest BCUT2D eigenvalue weighted by Crippen LogP contribution is 2.23. The second-order valence-electron chi connectivity index (χ2n) is 7.56. The summed E-state index contributed by atoms with van der Waals surface area (Å²) in [6.07, 6.45) is 0.587. The molecule has 3 aromatic rings. The predicted octanol–water partition coefficient (Wildman–Crippen LogP) is 4.17. The third-order valence-corrected chi connectivity index (χ3v) is 7.18. The van der Waals surface area contributed by atoms with Crippen LogP contribution in [0, 0.1) is 5.82 Å². The van der Waals surface area contributed by atoms with E-state index in [-0.39, 0.29) is 29.7 Å². The number of amides is 1. The standard InChI is InChI=1S/C25H27FN2O3S/c1-28(32(30,31)23-16-14-22(26)15-17-23)18-8-13-25(29)27-19-24(20-9-4-2-5-10-20)21-11-6-3-7-12-21/h2-7,9-12,14-17,24H,8,13,18-19H2,1H3,(H,27,29). The summed E-state index contributed by atoms with van der Waals surface area (Å²) in [5, 5.41) is 2.98. The molecule has 1 amide bonds. The van der Waals surface area contributed by atoms with E-state index in [2.05, 4.69) is 5.32 Å². The van der Waals surface area contributed by atoms with E-state index in [4.69, 9.17) is 0 Å². The van der Waals surface area contributed by atoms with Gasteiger partial charge in [0.25, 0.3) is 0 Å². The number of nitrogens with one attached hydrogen (secondary N) is 1. The molecule has 0 aliphatic rings. The zero-order chi connectivity index (χ0) is 23.0. The van der Waals surface area contributed by atoms with Gasteiger partial charge in [-0.1, -0.05) is 60.7 Å². The molecule has 5 nitrogen and oxygen atoms in total. The fourth-order valence-corrected chi connectivity index (χ4v) is 4.68. The van der Waals surface area contributed by atoms with E-state index in [9.17, 15) is 17.6 Å². The topological polar surface area (TPSA) is 66.5 Å². The molecular formula is C25H27FN2O3S. The Hall–Kier alpha value is -3.03. The first-order valence-corrected chi connectivity index (χ1v) is 11.9. The van der Waals surface area contributed by atoms with E-state index < -0.39 is 15.8 Å². The number of benzene rings is 3. The van der Waals surface area contributed by atoms with E-state index in [1.54, 1.807) is 0 Å². The number of hydrogen-bond donors (Lipinski definition) is 1. The van der Waals surface area contributed by atoms with E-state index in [1.807, 2.05) is 60.7 Å². The molecule has 0 saturated carbocycles. The van der Waals surface area contributed by atoms with Crippen molar-refractivity contribution >= 4 is 15.9 Å². The van der Waals surface area contributed by atoms with Crippen molar-refractivity contribution in [2.45, 2.75) is 23.7 Å². The summed E-state index contributed by atoms with van der Waals surface area (Å²) in [6, 6.07) is 24.7. The van der Waals surface area contributed by atoms with Crippen LogP contribution in [0.5, 0.6) is 0 Å². The van der Waals surface area contributed by atoms with Crippen LogP contribution in [0.4, 0.5) is 4.39 Å². The van der Waals surface area contributed by atoms with Gasteiger partial charge in [0.1, 0.15) is 5.82 Å². The molecule has 3 rings (SSSR count). The number of nitrogens with zero attached hydrogens (tertiary/aromatic N) is 1. The molecule has 0 saturated heterocycles. The molecule has 0 bridgehead atoms. The van der Waals surface area contributed by atoms with Gasteiger partial charge in [0.15, 0.2) is 0 Å². The molecule has 0 radical (unpaired) electrons. The maximum absolute atomic E-state index is 13.1. The van der Waals surface area contributed by atoms with Gasteiger partial charge in [-0.25, -0.2) is 17.1 Å². The van der Waals surface area contributed by atoms with Gasteiger partial charge in [-0.05, 0) is 41.8 Å². The first-order valence-electron chi connectivity index (χ1n) is 10.5. The van der Waals surface area contributed by atoms with Crippen molar-refractivity contribution in [3.8, 4) is 0 Å². The van der Waals surface area contributed by atoms with E-state index in [1.165, 1.54) is 23.5 Å². The molecule has 0 spiro atoms. The van der Waals surface area contributed by atoms with Gasteiger partial charge in [0.2, 0.25) is 15.9 Å². The molecule has 0 aliphatic carbocycles. The van der Waals surface area contributed by atoms with Gasteiger partial charge in [-0.15, -0.1) is 0 Å². The maximum Gasteiger partial charge on any atom is 0.242 e. The number of rotatable bonds is 10. The lowest BCUT2D eigenvalue weighted by Gasteiger charge is -2.19. The highest BCUT2D eigenvalue weighted by molar-refractivity contribution is 7.89. The number of carbonyl (C=O) groups excluding carboxylic acids is 1. The van der Waals surface area contributed by atoms with E-state index >= 15 is 0 Å². The largest absolute Gasteiger partial charge is 0.355 e. The summed E-state index contributed by atoms with van der Waals surface area (Å²) in [4.78, 5) is 12.5. The third-order valence-electron chi connectivity index (χ3n) is 5.31. The quantitative estimate of drug-likeness (QED) is 0.500. The molecule has 7 heteroatoms. The third kappa shape index (κ3) is 6.24. The Labute approximate surface area is 188 Å². The minimum absolute atomic E-state index is 0.0272. The summed E-state index contributed by atoms with van der Waals surface area (Å²) in [5.41, 5.74) is 2.23. The molecule has 168 valence electrons. The molecule has 0 unspecified atom stereocenters. The number of hydrogen-bond acceptors (Lipinski definition) is 3. The number of sulfonamides is 1. The molecule has 3 aromatic carbocycles. The Morgan fingerprint density at radius 3 is 1.97 bits per heavy atom. The Morgan fingerprint density at radius 2 is 1.44 bits per heavy atom. The molecule has 0 heterocycles. The van der Waals surface area contributed by atoms with Crippen LogP contribution >= 0.6 is 0 Å². The van der Waals surface area contributed by atoms with Crippen LogP contribution < -0.4 is 5.32 Å². The van der Waals surface area contributed by atoms with Crippen molar-refractivity contribution in [3.63, 3.8) is 0 Å². The summed E-state index contributed by atoms with van der Waals surface area (Å²) < 4.78 is 39.3. The lowest BCUT2D eigenvalue weighted by Crippen LogP contribution is -2.31. The lowest BCUT2D eigenvalue weighted by atomic mass is 9.91. The smallest absolute Gasteiger partial charge is 0.242 e. The van der Waals surface area contributed by atoms with E-state index in [0.29, 0.717) is 13.0 Å². The highest BCUT2D eigenvalue weighted by atomic mass is 32.2. The van der Waals surface area contributed by atoms with Crippen molar-refractivity contribution in [1.29, 1.82) is 0 Å². The second-order valence-corrected chi connectivity index (χ2v) is 9.61. The van der Waals surface area contributed by atoms with Crippen LogP contribution in [0.3, 0.4) is 0 Å².